The first-order valence-electron chi connectivity index (χ1n) is 7.12. The van der Waals surface area contributed by atoms with E-state index in [2.05, 4.69) is 26.1 Å². The summed E-state index contributed by atoms with van der Waals surface area (Å²) < 4.78 is 0. The predicted octanol–water partition coefficient (Wildman–Crippen LogP) is 3.53. The summed E-state index contributed by atoms with van der Waals surface area (Å²) in [6.45, 7) is 9.21. The number of carboxylic acids is 1. The van der Waals surface area contributed by atoms with Gasteiger partial charge in [0.05, 0.1) is 0 Å². The summed E-state index contributed by atoms with van der Waals surface area (Å²) in [5.41, 5.74) is -0.716. The van der Waals surface area contributed by atoms with Crippen molar-refractivity contribution < 1.29 is 9.90 Å². The number of carbonyl (C=O) groups is 1. The number of aliphatic carboxylic acids is 1. The van der Waals surface area contributed by atoms with Crippen LogP contribution in [0.1, 0.15) is 59.8 Å². The van der Waals surface area contributed by atoms with Crippen LogP contribution in [0, 0.1) is 0 Å². The smallest absolute Gasteiger partial charge is 0.323 e. The molecule has 0 aliphatic carbocycles. The SMILES string of the molecule is CCCNC(CC)(CCCSC(C)CC)C(=O)O. The fourth-order valence-electron chi connectivity index (χ4n) is 1.86. The van der Waals surface area contributed by atoms with Crippen LogP contribution < -0.4 is 5.32 Å². The van der Waals surface area contributed by atoms with Crippen molar-refractivity contribution in [2.24, 2.45) is 0 Å². The maximum absolute atomic E-state index is 11.5. The molecule has 0 aromatic heterocycles. The Kier molecular flexibility index (Phi) is 9.56. The Morgan fingerprint density at radius 3 is 2.50 bits per heavy atom. The van der Waals surface area contributed by atoms with Crippen LogP contribution in [0.2, 0.25) is 0 Å². The van der Waals surface area contributed by atoms with Crippen LogP contribution in [0.5, 0.6) is 0 Å². The lowest BCUT2D eigenvalue weighted by Crippen LogP contribution is -2.52. The van der Waals surface area contributed by atoms with Crippen LogP contribution in [-0.4, -0.2) is 34.2 Å². The first-order valence-corrected chi connectivity index (χ1v) is 8.17. The van der Waals surface area contributed by atoms with Gasteiger partial charge in [0.15, 0.2) is 0 Å². The average Bonchev–Trinajstić information content (AvgIpc) is 2.37. The molecule has 0 radical (unpaired) electrons. The lowest BCUT2D eigenvalue weighted by molar-refractivity contribution is -0.145. The van der Waals surface area contributed by atoms with Gasteiger partial charge in [0.25, 0.3) is 0 Å². The van der Waals surface area contributed by atoms with Gasteiger partial charge in [0.2, 0.25) is 0 Å². The van der Waals surface area contributed by atoms with Gasteiger partial charge in [-0.05, 0) is 44.4 Å². The Labute approximate surface area is 116 Å². The van der Waals surface area contributed by atoms with E-state index in [1.807, 2.05) is 18.7 Å². The van der Waals surface area contributed by atoms with Crippen molar-refractivity contribution in [1.82, 2.24) is 5.32 Å². The molecule has 0 aromatic rings. The summed E-state index contributed by atoms with van der Waals surface area (Å²) in [5.74, 6) is 0.352. The molecular weight excluding hydrogens is 246 g/mol. The molecule has 0 rings (SSSR count). The van der Waals surface area contributed by atoms with E-state index in [1.54, 1.807) is 0 Å². The summed E-state index contributed by atoms with van der Waals surface area (Å²) in [5, 5.41) is 13.3. The molecule has 0 saturated heterocycles. The molecule has 2 unspecified atom stereocenters. The number of carboxylic acid groups (broad SMARTS) is 1. The van der Waals surface area contributed by atoms with E-state index >= 15 is 0 Å². The molecule has 0 saturated carbocycles. The molecule has 4 heteroatoms. The molecule has 0 aliphatic rings. The zero-order chi connectivity index (χ0) is 14.0. The molecule has 18 heavy (non-hydrogen) atoms. The van der Waals surface area contributed by atoms with E-state index < -0.39 is 11.5 Å². The average molecular weight is 275 g/mol. The van der Waals surface area contributed by atoms with Gasteiger partial charge in [0.1, 0.15) is 5.54 Å². The minimum absolute atomic E-state index is 0.649. The normalized spacial score (nSPS) is 16.2. The molecule has 0 bridgehead atoms. The maximum Gasteiger partial charge on any atom is 0.323 e. The maximum atomic E-state index is 11.5. The first kappa shape index (κ1) is 17.8. The van der Waals surface area contributed by atoms with Crippen molar-refractivity contribution in [3.63, 3.8) is 0 Å². The van der Waals surface area contributed by atoms with Crippen molar-refractivity contribution >= 4 is 17.7 Å². The van der Waals surface area contributed by atoms with Crippen LogP contribution >= 0.6 is 11.8 Å². The standard InChI is InChI=1S/C14H29NO2S/c1-5-10-15-14(7-3,13(16)17)9-8-11-18-12(4)6-2/h12,15H,5-11H2,1-4H3,(H,16,17). The Balaban J connectivity index is 4.19. The van der Waals surface area contributed by atoms with Crippen LogP contribution in [0.4, 0.5) is 0 Å². The second-order valence-corrected chi connectivity index (χ2v) is 6.41. The Hall–Kier alpha value is -0.220. The van der Waals surface area contributed by atoms with Gasteiger partial charge in [-0.1, -0.05) is 27.7 Å². The monoisotopic (exact) mass is 275 g/mol. The van der Waals surface area contributed by atoms with Crippen molar-refractivity contribution in [3.8, 4) is 0 Å². The van der Waals surface area contributed by atoms with Gasteiger partial charge >= 0.3 is 5.97 Å². The van der Waals surface area contributed by atoms with Gasteiger partial charge < -0.3 is 10.4 Å². The molecule has 0 amide bonds. The molecule has 0 aromatic carbocycles. The number of thioether (sulfide) groups is 1. The largest absolute Gasteiger partial charge is 0.480 e. The van der Waals surface area contributed by atoms with E-state index in [4.69, 9.17) is 0 Å². The van der Waals surface area contributed by atoms with Crippen molar-refractivity contribution in [2.45, 2.75) is 70.6 Å². The lowest BCUT2D eigenvalue weighted by Gasteiger charge is -2.29. The Morgan fingerprint density at radius 1 is 1.39 bits per heavy atom. The fourth-order valence-corrected chi connectivity index (χ4v) is 2.81. The summed E-state index contributed by atoms with van der Waals surface area (Å²) in [4.78, 5) is 11.5. The summed E-state index contributed by atoms with van der Waals surface area (Å²) in [6.07, 6.45) is 4.48. The van der Waals surface area contributed by atoms with E-state index in [0.717, 1.165) is 31.6 Å². The van der Waals surface area contributed by atoms with E-state index in [-0.39, 0.29) is 0 Å². The Bertz CT molecular complexity index is 236. The summed E-state index contributed by atoms with van der Waals surface area (Å²) in [6, 6.07) is 0. The highest BCUT2D eigenvalue weighted by Gasteiger charge is 2.35. The van der Waals surface area contributed by atoms with Crippen LogP contribution in [0.25, 0.3) is 0 Å². The molecule has 3 nitrogen and oxygen atoms in total. The lowest BCUT2D eigenvalue weighted by atomic mass is 9.90. The number of hydrogen-bond acceptors (Lipinski definition) is 3. The van der Waals surface area contributed by atoms with E-state index in [0.29, 0.717) is 11.7 Å². The van der Waals surface area contributed by atoms with Gasteiger partial charge in [-0.15, -0.1) is 0 Å². The molecule has 0 spiro atoms. The topological polar surface area (TPSA) is 49.3 Å². The molecule has 0 heterocycles. The highest BCUT2D eigenvalue weighted by Crippen LogP contribution is 2.22. The van der Waals surface area contributed by atoms with E-state index in [1.165, 1.54) is 6.42 Å². The van der Waals surface area contributed by atoms with Crippen molar-refractivity contribution in [3.05, 3.63) is 0 Å². The highest BCUT2D eigenvalue weighted by molar-refractivity contribution is 7.99. The highest BCUT2D eigenvalue weighted by atomic mass is 32.2. The molecule has 0 aliphatic heterocycles. The first-order chi connectivity index (χ1) is 8.52. The van der Waals surface area contributed by atoms with Gasteiger partial charge in [0, 0.05) is 5.25 Å². The predicted molar refractivity (Wildman–Crippen MR) is 80.4 cm³/mol. The Morgan fingerprint density at radius 2 is 2.06 bits per heavy atom. The minimum Gasteiger partial charge on any atom is -0.480 e. The number of hydrogen-bond donors (Lipinski definition) is 2. The summed E-state index contributed by atoms with van der Waals surface area (Å²) in [7, 11) is 0. The zero-order valence-electron chi connectivity index (χ0n) is 12.3. The van der Waals surface area contributed by atoms with Gasteiger partial charge in [-0.3, -0.25) is 4.79 Å². The molecule has 2 N–H and O–H groups in total. The number of nitrogens with one attached hydrogen (secondary N) is 1. The van der Waals surface area contributed by atoms with E-state index in [9.17, 15) is 9.90 Å². The second kappa shape index (κ2) is 9.68. The van der Waals surface area contributed by atoms with Crippen LogP contribution in [0.3, 0.4) is 0 Å². The number of rotatable bonds is 11. The molecule has 108 valence electrons. The fraction of sp³-hybridized carbons (Fsp3) is 0.929. The van der Waals surface area contributed by atoms with Crippen molar-refractivity contribution in [2.75, 3.05) is 12.3 Å². The third kappa shape index (κ3) is 6.10. The van der Waals surface area contributed by atoms with Crippen LogP contribution in [0.15, 0.2) is 0 Å². The van der Waals surface area contributed by atoms with Crippen LogP contribution in [-0.2, 0) is 4.79 Å². The molecule has 2 atom stereocenters. The van der Waals surface area contributed by atoms with Crippen molar-refractivity contribution in [1.29, 1.82) is 0 Å². The third-order valence-electron chi connectivity index (χ3n) is 3.45. The quantitative estimate of drug-likeness (QED) is 0.566. The second-order valence-electron chi connectivity index (χ2n) is 4.86. The summed E-state index contributed by atoms with van der Waals surface area (Å²) >= 11 is 1.94. The van der Waals surface area contributed by atoms with Gasteiger partial charge in [-0.25, -0.2) is 0 Å². The molecular formula is C14H29NO2S. The molecule has 0 fully saturated rings. The minimum atomic E-state index is -0.716. The zero-order valence-corrected chi connectivity index (χ0v) is 13.1. The third-order valence-corrected chi connectivity index (χ3v) is 4.88. The van der Waals surface area contributed by atoms with Gasteiger partial charge in [-0.2, -0.15) is 11.8 Å².